The molecule has 0 spiro atoms. The van der Waals surface area contributed by atoms with Crippen LogP contribution >= 0.6 is 11.8 Å². The number of hydrogen-bond acceptors (Lipinski definition) is 3. The molecule has 25 heavy (non-hydrogen) atoms. The van der Waals surface area contributed by atoms with E-state index in [1.807, 2.05) is 11.8 Å². The number of ether oxygens (including phenoxy) is 1. The second kappa shape index (κ2) is 10.0. The van der Waals surface area contributed by atoms with E-state index in [1.165, 1.54) is 10.5 Å². The molecule has 144 valence electrons. The van der Waals surface area contributed by atoms with E-state index < -0.39 is 8.32 Å². The lowest BCUT2D eigenvalue weighted by molar-refractivity contribution is 0.237. The molecule has 0 saturated heterocycles. The predicted octanol–water partition coefficient (Wildman–Crippen LogP) is 6.92. The summed E-state index contributed by atoms with van der Waals surface area (Å²) in [5, 5.41) is 0.282. The molecular weight excluding hydrogens is 344 g/mol. The lowest BCUT2D eigenvalue weighted by Gasteiger charge is -2.37. The molecule has 0 bridgehead atoms. The molecule has 0 radical (unpaired) electrons. The Morgan fingerprint density at radius 2 is 1.84 bits per heavy atom. The molecule has 0 heterocycles. The van der Waals surface area contributed by atoms with E-state index in [2.05, 4.69) is 72.8 Å². The van der Waals surface area contributed by atoms with Crippen LogP contribution in [0.3, 0.4) is 0 Å². The number of thioether (sulfide) groups is 1. The van der Waals surface area contributed by atoms with Crippen LogP contribution in [0.2, 0.25) is 18.1 Å². The van der Waals surface area contributed by atoms with Crippen LogP contribution in [0.25, 0.3) is 0 Å². The van der Waals surface area contributed by atoms with Crippen LogP contribution in [0, 0.1) is 12.8 Å². The van der Waals surface area contributed by atoms with Gasteiger partial charge in [-0.3, -0.25) is 0 Å². The normalized spacial score (nSPS) is 13.8. The van der Waals surface area contributed by atoms with Crippen molar-refractivity contribution in [3.8, 4) is 5.75 Å². The third kappa shape index (κ3) is 7.36. The highest BCUT2D eigenvalue weighted by Crippen LogP contribution is 2.37. The van der Waals surface area contributed by atoms with E-state index in [-0.39, 0.29) is 5.04 Å². The number of benzene rings is 1. The summed E-state index contributed by atoms with van der Waals surface area (Å²) in [6.07, 6.45) is 2.21. The van der Waals surface area contributed by atoms with Crippen molar-refractivity contribution < 1.29 is 9.16 Å². The molecule has 0 aliphatic heterocycles. The minimum absolute atomic E-state index is 0.282. The maximum absolute atomic E-state index is 6.43. The zero-order valence-electron chi connectivity index (χ0n) is 17.6. The second-order valence-electron chi connectivity index (χ2n) is 8.43. The van der Waals surface area contributed by atoms with Crippen molar-refractivity contribution >= 4 is 20.1 Å². The monoisotopic (exact) mass is 382 g/mol. The predicted molar refractivity (Wildman–Crippen MR) is 115 cm³/mol. The van der Waals surface area contributed by atoms with Gasteiger partial charge in [0.1, 0.15) is 5.75 Å². The van der Waals surface area contributed by atoms with Gasteiger partial charge in [-0.15, -0.1) is 11.8 Å². The SMILES string of the molecule is CCCOc1ccc(SC[C@H](CC)CO[Si](C)(C)C(C)(C)C)cc1C. The molecule has 1 aromatic carbocycles. The molecule has 0 saturated carbocycles. The van der Waals surface area contributed by atoms with Crippen molar-refractivity contribution in [1.82, 2.24) is 0 Å². The average Bonchev–Trinajstić information content (AvgIpc) is 2.53. The minimum atomic E-state index is -1.65. The van der Waals surface area contributed by atoms with Gasteiger partial charge in [0, 0.05) is 17.3 Å². The standard InChI is InChI=1S/C21H38O2SSi/c1-9-13-22-20-12-11-19(14-17(20)3)24-16-18(10-2)15-23-25(7,8)21(4,5)6/h11-12,14,18H,9-10,13,15-16H2,1-8H3/t18-/m1/s1. The van der Waals surface area contributed by atoms with Crippen LogP contribution in [0.15, 0.2) is 23.1 Å². The lowest BCUT2D eigenvalue weighted by atomic mass is 10.1. The van der Waals surface area contributed by atoms with Gasteiger partial charge in [0.15, 0.2) is 8.32 Å². The molecule has 0 unspecified atom stereocenters. The zero-order chi connectivity index (χ0) is 19.1. The Balaban J connectivity index is 2.56. The third-order valence-corrected chi connectivity index (χ3v) is 10.9. The summed E-state index contributed by atoms with van der Waals surface area (Å²) in [7, 11) is -1.65. The van der Waals surface area contributed by atoms with Crippen molar-refractivity contribution in [2.45, 2.75) is 77.4 Å². The summed E-state index contributed by atoms with van der Waals surface area (Å²) in [5.74, 6) is 2.73. The van der Waals surface area contributed by atoms with Gasteiger partial charge < -0.3 is 9.16 Å². The zero-order valence-corrected chi connectivity index (χ0v) is 19.4. The Bertz CT molecular complexity index is 523. The van der Waals surface area contributed by atoms with E-state index in [0.29, 0.717) is 5.92 Å². The Labute approximate surface area is 161 Å². The highest BCUT2D eigenvalue weighted by Gasteiger charge is 2.37. The average molecular weight is 383 g/mol. The topological polar surface area (TPSA) is 18.5 Å². The van der Waals surface area contributed by atoms with Crippen LogP contribution in [0.4, 0.5) is 0 Å². The first-order chi connectivity index (χ1) is 11.6. The van der Waals surface area contributed by atoms with Gasteiger partial charge in [0.25, 0.3) is 0 Å². The molecule has 4 heteroatoms. The maximum Gasteiger partial charge on any atom is 0.191 e. The van der Waals surface area contributed by atoms with E-state index in [4.69, 9.17) is 9.16 Å². The third-order valence-electron chi connectivity index (χ3n) is 5.16. The van der Waals surface area contributed by atoms with Crippen molar-refractivity contribution in [1.29, 1.82) is 0 Å². The molecule has 1 aromatic rings. The van der Waals surface area contributed by atoms with E-state index in [1.54, 1.807) is 0 Å². The molecule has 0 aromatic heterocycles. The molecular formula is C21H38O2SSi. The molecule has 0 fully saturated rings. The first-order valence-corrected chi connectivity index (χ1v) is 13.5. The van der Waals surface area contributed by atoms with Crippen LogP contribution in [-0.2, 0) is 4.43 Å². The van der Waals surface area contributed by atoms with Crippen molar-refractivity contribution in [3.63, 3.8) is 0 Å². The van der Waals surface area contributed by atoms with Crippen LogP contribution in [-0.4, -0.2) is 27.3 Å². The van der Waals surface area contributed by atoms with Crippen molar-refractivity contribution in [3.05, 3.63) is 23.8 Å². The fourth-order valence-electron chi connectivity index (χ4n) is 2.13. The number of rotatable bonds is 10. The van der Waals surface area contributed by atoms with Gasteiger partial charge in [-0.1, -0.05) is 41.0 Å². The Hall–Kier alpha value is -0.453. The summed E-state index contributed by atoms with van der Waals surface area (Å²) in [5.41, 5.74) is 1.23. The summed E-state index contributed by atoms with van der Waals surface area (Å²) in [6, 6.07) is 6.54. The van der Waals surface area contributed by atoms with Crippen LogP contribution < -0.4 is 4.74 Å². The van der Waals surface area contributed by atoms with Gasteiger partial charge in [-0.25, -0.2) is 0 Å². The van der Waals surface area contributed by atoms with Crippen LogP contribution in [0.1, 0.15) is 53.0 Å². The van der Waals surface area contributed by atoms with E-state index in [0.717, 1.165) is 37.6 Å². The quantitative estimate of drug-likeness (QED) is 0.323. The Kier molecular flexibility index (Phi) is 9.06. The second-order valence-corrected chi connectivity index (χ2v) is 14.3. The van der Waals surface area contributed by atoms with Gasteiger partial charge in [-0.05, 0) is 61.2 Å². The van der Waals surface area contributed by atoms with Crippen LogP contribution in [0.5, 0.6) is 5.75 Å². The summed E-state index contributed by atoms with van der Waals surface area (Å²) in [6.45, 7) is 19.8. The summed E-state index contributed by atoms with van der Waals surface area (Å²) in [4.78, 5) is 1.33. The van der Waals surface area contributed by atoms with Crippen molar-refractivity contribution in [2.24, 2.45) is 5.92 Å². The fourth-order valence-corrected chi connectivity index (χ4v) is 4.40. The Morgan fingerprint density at radius 3 is 2.36 bits per heavy atom. The number of aryl methyl sites for hydroxylation is 1. The first-order valence-electron chi connectivity index (χ1n) is 9.61. The molecule has 0 aliphatic carbocycles. The maximum atomic E-state index is 6.43. The van der Waals surface area contributed by atoms with Gasteiger partial charge >= 0.3 is 0 Å². The molecule has 0 amide bonds. The highest BCUT2D eigenvalue weighted by atomic mass is 32.2. The smallest absolute Gasteiger partial charge is 0.191 e. The summed E-state index contributed by atoms with van der Waals surface area (Å²) < 4.78 is 12.2. The minimum Gasteiger partial charge on any atom is -0.493 e. The number of hydrogen-bond donors (Lipinski definition) is 0. The summed E-state index contributed by atoms with van der Waals surface area (Å²) >= 11 is 1.94. The molecule has 1 atom stereocenters. The molecule has 0 aliphatic rings. The first kappa shape index (κ1) is 22.6. The van der Waals surface area contributed by atoms with Gasteiger partial charge in [0.05, 0.1) is 6.61 Å². The van der Waals surface area contributed by atoms with Gasteiger partial charge in [-0.2, -0.15) is 0 Å². The van der Waals surface area contributed by atoms with Gasteiger partial charge in [0.2, 0.25) is 0 Å². The highest BCUT2D eigenvalue weighted by molar-refractivity contribution is 7.99. The van der Waals surface area contributed by atoms with E-state index >= 15 is 0 Å². The molecule has 0 N–H and O–H groups in total. The molecule has 1 rings (SSSR count). The Morgan fingerprint density at radius 1 is 1.16 bits per heavy atom. The van der Waals surface area contributed by atoms with Crippen molar-refractivity contribution in [2.75, 3.05) is 19.0 Å². The fraction of sp³-hybridized carbons (Fsp3) is 0.714. The molecule has 2 nitrogen and oxygen atoms in total. The largest absolute Gasteiger partial charge is 0.493 e. The lowest BCUT2D eigenvalue weighted by Crippen LogP contribution is -2.42. The van der Waals surface area contributed by atoms with E-state index in [9.17, 15) is 0 Å².